The number of alkyl halides is 3. The number of nitrogens with zero attached hydrogens (tertiary/aromatic N) is 1. The largest absolute Gasteiger partial charge is 0.416 e. The van der Waals surface area contributed by atoms with Gasteiger partial charge in [0.15, 0.2) is 0 Å². The van der Waals surface area contributed by atoms with E-state index in [9.17, 15) is 13.2 Å². The van der Waals surface area contributed by atoms with Gasteiger partial charge in [-0.05, 0) is 42.5 Å². The predicted molar refractivity (Wildman–Crippen MR) is 97.9 cm³/mol. The molecule has 0 aliphatic rings. The fraction of sp³-hybridized carbons (Fsp3) is 0.167. The van der Waals surface area contributed by atoms with Crippen molar-refractivity contribution in [1.29, 1.82) is 0 Å². The Hall–Kier alpha value is -2.28. The van der Waals surface area contributed by atoms with Gasteiger partial charge in [-0.15, -0.1) is 0 Å². The number of hydrogen-bond acceptors (Lipinski definition) is 3. The molecule has 1 aromatic heterocycles. The number of fused-ring (bicyclic) bond motifs is 1. The van der Waals surface area contributed by atoms with E-state index < -0.39 is 11.7 Å². The fourth-order valence-corrected chi connectivity index (χ4v) is 2.84. The van der Waals surface area contributed by atoms with E-state index in [0.29, 0.717) is 18.8 Å². The van der Waals surface area contributed by atoms with E-state index in [1.54, 1.807) is 12.3 Å². The van der Waals surface area contributed by atoms with Gasteiger partial charge in [0.2, 0.25) is 0 Å². The number of halogens is 4. The van der Waals surface area contributed by atoms with Gasteiger partial charge in [-0.1, -0.05) is 22.0 Å². The lowest BCUT2D eigenvalue weighted by Gasteiger charge is -2.12. The molecule has 0 aliphatic carbocycles. The van der Waals surface area contributed by atoms with Crippen LogP contribution in [0.1, 0.15) is 5.56 Å². The second-order valence-electron chi connectivity index (χ2n) is 5.45. The lowest BCUT2D eigenvalue weighted by Crippen LogP contribution is -2.14. The minimum Gasteiger partial charge on any atom is -0.383 e. The molecule has 7 heteroatoms. The fourth-order valence-electron chi connectivity index (χ4n) is 2.48. The van der Waals surface area contributed by atoms with Gasteiger partial charge >= 0.3 is 6.18 Å². The summed E-state index contributed by atoms with van der Waals surface area (Å²) in [5, 5.41) is 7.27. The maximum atomic E-state index is 12.7. The van der Waals surface area contributed by atoms with Crippen LogP contribution >= 0.6 is 15.9 Å². The van der Waals surface area contributed by atoms with Crippen molar-refractivity contribution in [2.24, 2.45) is 0 Å². The van der Waals surface area contributed by atoms with Crippen LogP contribution in [0.2, 0.25) is 0 Å². The van der Waals surface area contributed by atoms with Crippen molar-refractivity contribution in [2.75, 3.05) is 23.7 Å². The van der Waals surface area contributed by atoms with E-state index in [1.165, 1.54) is 6.07 Å². The van der Waals surface area contributed by atoms with Crippen molar-refractivity contribution in [3.8, 4) is 0 Å². The zero-order valence-corrected chi connectivity index (χ0v) is 14.7. The molecule has 2 N–H and O–H groups in total. The molecule has 3 aromatic rings. The van der Waals surface area contributed by atoms with E-state index >= 15 is 0 Å². The van der Waals surface area contributed by atoms with Gasteiger partial charge in [0.05, 0.1) is 11.1 Å². The monoisotopic (exact) mass is 409 g/mol. The van der Waals surface area contributed by atoms with Crippen LogP contribution in [0.4, 0.5) is 24.5 Å². The first-order valence-corrected chi connectivity index (χ1v) is 8.42. The zero-order valence-electron chi connectivity index (χ0n) is 13.1. The van der Waals surface area contributed by atoms with Crippen molar-refractivity contribution in [3.05, 3.63) is 64.8 Å². The van der Waals surface area contributed by atoms with Crippen LogP contribution in [0.5, 0.6) is 0 Å². The molecule has 0 saturated carbocycles. The predicted octanol–water partition coefficient (Wildman–Crippen LogP) is 5.54. The maximum absolute atomic E-state index is 12.7. The Labute approximate surface area is 151 Å². The van der Waals surface area contributed by atoms with Crippen molar-refractivity contribution in [3.63, 3.8) is 0 Å². The summed E-state index contributed by atoms with van der Waals surface area (Å²) in [4.78, 5) is 4.31. The van der Waals surface area contributed by atoms with Crippen LogP contribution in [0, 0.1) is 0 Å². The van der Waals surface area contributed by atoms with Gasteiger partial charge in [-0.2, -0.15) is 13.2 Å². The first kappa shape index (κ1) is 17.5. The first-order chi connectivity index (χ1) is 11.9. The van der Waals surface area contributed by atoms with Crippen molar-refractivity contribution in [1.82, 2.24) is 4.98 Å². The van der Waals surface area contributed by atoms with Crippen LogP contribution in [0.3, 0.4) is 0 Å². The molecule has 25 heavy (non-hydrogen) atoms. The van der Waals surface area contributed by atoms with E-state index in [-0.39, 0.29) is 0 Å². The average Bonchev–Trinajstić information content (AvgIpc) is 2.58. The average molecular weight is 410 g/mol. The lowest BCUT2D eigenvalue weighted by molar-refractivity contribution is -0.137. The van der Waals surface area contributed by atoms with Crippen LogP contribution in [-0.2, 0) is 6.18 Å². The first-order valence-electron chi connectivity index (χ1n) is 7.63. The summed E-state index contributed by atoms with van der Waals surface area (Å²) >= 11 is 3.44. The molecule has 0 radical (unpaired) electrons. The highest BCUT2D eigenvalue weighted by atomic mass is 79.9. The molecule has 1 heterocycles. The SMILES string of the molecule is FC(F)(F)c1cccc(NCCNc2ccnc3ccc(Br)cc23)c1. The Morgan fingerprint density at radius 2 is 1.76 bits per heavy atom. The smallest absolute Gasteiger partial charge is 0.383 e. The second-order valence-corrected chi connectivity index (χ2v) is 6.37. The normalized spacial score (nSPS) is 11.5. The van der Waals surface area contributed by atoms with Crippen molar-refractivity contribution in [2.45, 2.75) is 6.18 Å². The van der Waals surface area contributed by atoms with E-state index in [2.05, 4.69) is 31.5 Å². The third-order valence-corrected chi connectivity index (χ3v) is 4.16. The Morgan fingerprint density at radius 3 is 2.56 bits per heavy atom. The van der Waals surface area contributed by atoms with E-state index in [4.69, 9.17) is 0 Å². The molecule has 0 saturated heterocycles. The van der Waals surface area contributed by atoms with Crippen molar-refractivity contribution >= 4 is 38.2 Å². The number of pyridine rings is 1. The molecular weight excluding hydrogens is 395 g/mol. The number of hydrogen-bond donors (Lipinski definition) is 2. The Kier molecular flexibility index (Phi) is 5.13. The van der Waals surface area contributed by atoms with Gasteiger partial charge in [-0.3, -0.25) is 4.98 Å². The molecule has 3 nitrogen and oxygen atoms in total. The van der Waals surface area contributed by atoms with Crippen molar-refractivity contribution < 1.29 is 13.2 Å². The van der Waals surface area contributed by atoms with E-state index in [1.807, 2.05) is 24.3 Å². The summed E-state index contributed by atoms with van der Waals surface area (Å²) in [6.45, 7) is 1.04. The molecular formula is C18H15BrF3N3. The molecule has 0 fully saturated rings. The molecule has 130 valence electrons. The summed E-state index contributed by atoms with van der Waals surface area (Å²) in [6.07, 6.45) is -2.61. The standard InChI is InChI=1S/C18H15BrF3N3/c19-13-4-5-16-15(11-13)17(6-7-24-16)25-9-8-23-14-3-1-2-12(10-14)18(20,21)22/h1-7,10-11,23H,8-9H2,(H,24,25). The summed E-state index contributed by atoms with van der Waals surface area (Å²) < 4.78 is 39.1. The maximum Gasteiger partial charge on any atom is 0.416 e. The number of nitrogens with one attached hydrogen (secondary N) is 2. The quantitative estimate of drug-likeness (QED) is 0.543. The summed E-state index contributed by atoms with van der Waals surface area (Å²) in [6, 6.07) is 12.9. The van der Waals surface area contributed by atoms with Crippen LogP contribution in [0.15, 0.2) is 59.2 Å². The molecule has 0 amide bonds. The summed E-state index contributed by atoms with van der Waals surface area (Å²) in [7, 11) is 0. The Bertz CT molecular complexity index is 881. The van der Waals surface area contributed by atoms with Gasteiger partial charge in [0, 0.05) is 40.5 Å². The molecule has 0 bridgehead atoms. The number of anilines is 2. The number of aromatic nitrogens is 1. The molecule has 0 atom stereocenters. The topological polar surface area (TPSA) is 37.0 Å². The third-order valence-electron chi connectivity index (χ3n) is 3.66. The van der Waals surface area contributed by atoms with Crippen LogP contribution in [-0.4, -0.2) is 18.1 Å². The van der Waals surface area contributed by atoms with E-state index in [0.717, 1.165) is 33.2 Å². The Balaban J connectivity index is 1.62. The second kappa shape index (κ2) is 7.31. The summed E-state index contributed by atoms with van der Waals surface area (Å²) in [5.74, 6) is 0. The molecule has 2 aromatic carbocycles. The highest BCUT2D eigenvalue weighted by Crippen LogP contribution is 2.30. The minimum atomic E-state index is -4.33. The zero-order chi connectivity index (χ0) is 17.9. The highest BCUT2D eigenvalue weighted by Gasteiger charge is 2.30. The van der Waals surface area contributed by atoms with Gasteiger partial charge in [0.1, 0.15) is 0 Å². The number of rotatable bonds is 5. The summed E-state index contributed by atoms with van der Waals surface area (Å²) in [5.41, 5.74) is 1.59. The molecule has 0 unspecified atom stereocenters. The van der Waals surface area contributed by atoms with Crippen LogP contribution in [0.25, 0.3) is 10.9 Å². The van der Waals surface area contributed by atoms with Gasteiger partial charge in [-0.25, -0.2) is 0 Å². The minimum absolute atomic E-state index is 0.443. The molecule has 0 spiro atoms. The molecule has 3 rings (SSSR count). The third kappa shape index (κ3) is 4.42. The lowest BCUT2D eigenvalue weighted by atomic mass is 10.2. The Morgan fingerprint density at radius 1 is 0.960 bits per heavy atom. The molecule has 0 aliphatic heterocycles. The number of benzene rings is 2. The van der Waals surface area contributed by atoms with Gasteiger partial charge < -0.3 is 10.6 Å². The van der Waals surface area contributed by atoms with Gasteiger partial charge in [0.25, 0.3) is 0 Å². The van der Waals surface area contributed by atoms with Crippen LogP contribution < -0.4 is 10.6 Å². The highest BCUT2D eigenvalue weighted by molar-refractivity contribution is 9.10.